The Labute approximate surface area is 170 Å². The lowest BCUT2D eigenvalue weighted by atomic mass is 10.2. The molecule has 0 aromatic heterocycles. The molecular formula is C19H20Br2N2OS. The van der Waals surface area contributed by atoms with Gasteiger partial charge in [-0.05, 0) is 42.8 Å². The lowest BCUT2D eigenvalue weighted by molar-refractivity contribution is 0.0377. The zero-order valence-electron chi connectivity index (χ0n) is 13.9. The highest BCUT2D eigenvalue weighted by molar-refractivity contribution is 9.10. The van der Waals surface area contributed by atoms with E-state index in [9.17, 15) is 0 Å². The first-order valence-corrected chi connectivity index (χ1v) is 11.0. The van der Waals surface area contributed by atoms with Gasteiger partial charge in [-0.15, -0.1) is 0 Å². The minimum Gasteiger partial charge on any atom is -0.379 e. The Morgan fingerprint density at radius 3 is 2.08 bits per heavy atom. The number of anilines is 2. The summed E-state index contributed by atoms with van der Waals surface area (Å²) >= 11 is 9.07. The molecule has 2 heterocycles. The van der Waals surface area contributed by atoms with Gasteiger partial charge in [-0.2, -0.15) is 0 Å². The summed E-state index contributed by atoms with van der Waals surface area (Å²) in [6, 6.07) is 13.2. The highest BCUT2D eigenvalue weighted by Gasteiger charge is 2.24. The summed E-state index contributed by atoms with van der Waals surface area (Å²) in [6.07, 6.45) is 1.15. The van der Waals surface area contributed by atoms with Crippen molar-refractivity contribution >= 4 is 55.0 Å². The maximum Gasteiger partial charge on any atom is 0.0594 e. The molecule has 2 aliphatic heterocycles. The maximum atomic E-state index is 5.45. The smallest absolute Gasteiger partial charge is 0.0594 e. The van der Waals surface area contributed by atoms with Crippen molar-refractivity contribution in [1.82, 2.24) is 4.90 Å². The van der Waals surface area contributed by atoms with Crippen LogP contribution in [0.3, 0.4) is 0 Å². The van der Waals surface area contributed by atoms with E-state index < -0.39 is 0 Å². The fourth-order valence-electron chi connectivity index (χ4n) is 3.35. The Morgan fingerprint density at radius 1 is 0.880 bits per heavy atom. The van der Waals surface area contributed by atoms with Gasteiger partial charge in [0, 0.05) is 44.9 Å². The zero-order valence-corrected chi connectivity index (χ0v) is 17.9. The first-order valence-electron chi connectivity index (χ1n) is 8.55. The Morgan fingerprint density at radius 2 is 1.48 bits per heavy atom. The molecule has 2 aliphatic rings. The number of hydrogen-bond donors (Lipinski definition) is 0. The van der Waals surface area contributed by atoms with E-state index in [1.54, 1.807) is 0 Å². The van der Waals surface area contributed by atoms with Crippen molar-refractivity contribution in [2.24, 2.45) is 0 Å². The molecule has 0 spiro atoms. The van der Waals surface area contributed by atoms with Crippen molar-refractivity contribution < 1.29 is 4.74 Å². The third kappa shape index (κ3) is 4.08. The van der Waals surface area contributed by atoms with Crippen LogP contribution in [0, 0.1) is 0 Å². The molecule has 6 heteroatoms. The number of fused-ring (bicyclic) bond motifs is 2. The van der Waals surface area contributed by atoms with Crippen LogP contribution in [0.25, 0.3) is 0 Å². The van der Waals surface area contributed by atoms with Gasteiger partial charge < -0.3 is 9.64 Å². The van der Waals surface area contributed by atoms with Gasteiger partial charge in [-0.25, -0.2) is 0 Å². The van der Waals surface area contributed by atoms with Gasteiger partial charge in [-0.3, -0.25) is 4.90 Å². The Balaban J connectivity index is 1.55. The standard InChI is InChI=1S/C19H20Br2N2OS/c20-14-2-4-16-18(12-14)25-19-13-15(21)3-5-17(19)23(16)7-1-6-22-8-10-24-11-9-22/h2-5,12-13H,1,6-11H2. The van der Waals surface area contributed by atoms with Crippen LogP contribution in [0.2, 0.25) is 0 Å². The predicted molar refractivity (Wildman–Crippen MR) is 111 cm³/mol. The quantitative estimate of drug-likeness (QED) is 0.567. The van der Waals surface area contributed by atoms with E-state index in [1.165, 1.54) is 21.2 Å². The lowest BCUT2D eigenvalue weighted by Crippen LogP contribution is -2.38. The van der Waals surface area contributed by atoms with Crippen molar-refractivity contribution in [2.45, 2.75) is 16.2 Å². The average molecular weight is 484 g/mol. The van der Waals surface area contributed by atoms with Gasteiger partial charge in [0.25, 0.3) is 0 Å². The van der Waals surface area contributed by atoms with Crippen LogP contribution in [-0.4, -0.2) is 44.3 Å². The van der Waals surface area contributed by atoms with E-state index in [-0.39, 0.29) is 0 Å². The Kier molecular flexibility index (Phi) is 5.72. The molecule has 1 fully saturated rings. The summed E-state index contributed by atoms with van der Waals surface area (Å²) in [7, 11) is 0. The second kappa shape index (κ2) is 8.01. The van der Waals surface area contributed by atoms with Crippen molar-refractivity contribution in [1.29, 1.82) is 0 Å². The van der Waals surface area contributed by atoms with Crippen LogP contribution in [0.4, 0.5) is 11.4 Å². The number of halogens is 2. The second-order valence-corrected chi connectivity index (χ2v) is 9.20. The molecule has 2 aromatic carbocycles. The fourth-order valence-corrected chi connectivity index (χ4v) is 5.55. The van der Waals surface area contributed by atoms with Gasteiger partial charge in [0.2, 0.25) is 0 Å². The Bertz CT molecular complexity index is 714. The second-order valence-electron chi connectivity index (χ2n) is 6.29. The van der Waals surface area contributed by atoms with Crippen LogP contribution in [-0.2, 0) is 4.74 Å². The first kappa shape index (κ1) is 17.9. The first-order chi connectivity index (χ1) is 12.2. The zero-order chi connectivity index (χ0) is 17.2. The Hall–Kier alpha value is -0.530. The highest BCUT2D eigenvalue weighted by Crippen LogP contribution is 2.49. The van der Waals surface area contributed by atoms with Gasteiger partial charge in [0.1, 0.15) is 0 Å². The van der Waals surface area contributed by atoms with Crippen LogP contribution in [0.5, 0.6) is 0 Å². The minimum atomic E-state index is 0.869. The van der Waals surface area contributed by atoms with Crippen molar-refractivity contribution in [3.05, 3.63) is 45.3 Å². The number of nitrogens with zero attached hydrogens (tertiary/aromatic N) is 2. The SMILES string of the molecule is Brc1ccc2c(c1)Sc1cc(Br)ccc1N2CCCN1CCOCC1. The summed E-state index contributed by atoms with van der Waals surface area (Å²) in [5.41, 5.74) is 2.62. The molecule has 132 valence electrons. The predicted octanol–water partition coefficient (Wildman–Crippen LogP) is 5.54. The highest BCUT2D eigenvalue weighted by atomic mass is 79.9. The molecular weight excluding hydrogens is 464 g/mol. The monoisotopic (exact) mass is 482 g/mol. The van der Waals surface area contributed by atoms with Crippen LogP contribution in [0.15, 0.2) is 55.1 Å². The van der Waals surface area contributed by atoms with Gasteiger partial charge in [0.05, 0.1) is 24.6 Å². The van der Waals surface area contributed by atoms with E-state index in [2.05, 4.69) is 78.1 Å². The van der Waals surface area contributed by atoms with Gasteiger partial charge >= 0.3 is 0 Å². The number of ether oxygens (including phenoxy) is 1. The summed E-state index contributed by atoms with van der Waals surface area (Å²) in [6.45, 7) is 6.01. The van der Waals surface area contributed by atoms with E-state index >= 15 is 0 Å². The number of morpholine rings is 1. The molecule has 0 N–H and O–H groups in total. The lowest BCUT2D eigenvalue weighted by Gasteiger charge is -2.34. The van der Waals surface area contributed by atoms with E-state index in [0.29, 0.717) is 0 Å². The average Bonchev–Trinajstić information content (AvgIpc) is 2.61. The molecule has 2 aromatic rings. The van der Waals surface area contributed by atoms with Crippen LogP contribution >= 0.6 is 43.6 Å². The third-order valence-corrected chi connectivity index (χ3v) is 6.69. The number of hydrogen-bond acceptors (Lipinski definition) is 4. The molecule has 3 nitrogen and oxygen atoms in total. The van der Waals surface area contributed by atoms with Crippen molar-refractivity contribution in [3.63, 3.8) is 0 Å². The normalized spacial score (nSPS) is 17.3. The summed E-state index contributed by atoms with van der Waals surface area (Å²) < 4.78 is 7.71. The fraction of sp³-hybridized carbons (Fsp3) is 0.368. The van der Waals surface area contributed by atoms with E-state index in [0.717, 1.165) is 54.8 Å². The van der Waals surface area contributed by atoms with Gasteiger partial charge in [0.15, 0.2) is 0 Å². The van der Waals surface area contributed by atoms with Crippen molar-refractivity contribution in [2.75, 3.05) is 44.3 Å². The van der Waals surface area contributed by atoms with Crippen LogP contribution in [0.1, 0.15) is 6.42 Å². The maximum absolute atomic E-state index is 5.45. The molecule has 25 heavy (non-hydrogen) atoms. The topological polar surface area (TPSA) is 15.7 Å². The minimum absolute atomic E-state index is 0.869. The molecule has 0 unspecified atom stereocenters. The summed E-state index contributed by atoms with van der Waals surface area (Å²) in [4.78, 5) is 7.60. The third-order valence-electron chi connectivity index (χ3n) is 4.60. The number of benzene rings is 2. The largest absolute Gasteiger partial charge is 0.379 e. The van der Waals surface area contributed by atoms with E-state index in [4.69, 9.17) is 4.74 Å². The molecule has 0 atom stereocenters. The van der Waals surface area contributed by atoms with Crippen LogP contribution < -0.4 is 4.90 Å². The van der Waals surface area contributed by atoms with Crippen molar-refractivity contribution in [3.8, 4) is 0 Å². The molecule has 4 rings (SSSR count). The molecule has 0 saturated carbocycles. The van der Waals surface area contributed by atoms with E-state index in [1.807, 2.05) is 11.8 Å². The number of rotatable bonds is 4. The molecule has 0 amide bonds. The molecule has 1 saturated heterocycles. The summed E-state index contributed by atoms with van der Waals surface area (Å²) in [5, 5.41) is 0. The van der Waals surface area contributed by atoms with Gasteiger partial charge in [-0.1, -0.05) is 43.6 Å². The molecule has 0 bridgehead atoms. The molecule has 0 radical (unpaired) electrons. The summed E-state index contributed by atoms with van der Waals surface area (Å²) in [5.74, 6) is 0. The molecule has 0 aliphatic carbocycles.